The van der Waals surface area contributed by atoms with Gasteiger partial charge >= 0.3 is 5.97 Å². The molecular formula is C24H31N3O2. The van der Waals surface area contributed by atoms with Crippen molar-refractivity contribution in [2.75, 3.05) is 25.0 Å². The number of fused-ring (bicyclic) bond motifs is 1. The molecule has 154 valence electrons. The lowest BCUT2D eigenvalue weighted by atomic mass is 9.90. The van der Waals surface area contributed by atoms with Gasteiger partial charge in [-0.15, -0.1) is 0 Å². The normalized spacial score (nSPS) is 17.8. The lowest BCUT2D eigenvalue weighted by Crippen LogP contribution is -2.50. The first-order chi connectivity index (χ1) is 14.2. The fourth-order valence-corrected chi connectivity index (χ4v) is 4.57. The second-order valence-electron chi connectivity index (χ2n) is 8.41. The van der Waals surface area contributed by atoms with E-state index in [9.17, 15) is 9.90 Å². The number of aromatic nitrogens is 1. The highest BCUT2D eigenvalue weighted by atomic mass is 16.4. The zero-order valence-corrected chi connectivity index (χ0v) is 17.0. The molecule has 2 aliphatic heterocycles. The molecule has 0 saturated carbocycles. The maximum atomic E-state index is 11.7. The number of aliphatic carboxylic acids is 1. The van der Waals surface area contributed by atoms with E-state index >= 15 is 0 Å². The van der Waals surface area contributed by atoms with Crippen LogP contribution in [0.2, 0.25) is 0 Å². The summed E-state index contributed by atoms with van der Waals surface area (Å²) in [6.07, 6.45) is 8.17. The molecule has 1 aromatic carbocycles. The number of carboxylic acids is 1. The maximum absolute atomic E-state index is 11.7. The van der Waals surface area contributed by atoms with Crippen molar-refractivity contribution >= 4 is 11.8 Å². The number of nitrogens with one attached hydrogen (secondary N) is 1. The minimum Gasteiger partial charge on any atom is -0.480 e. The molecule has 1 aromatic heterocycles. The fourth-order valence-electron chi connectivity index (χ4n) is 4.57. The van der Waals surface area contributed by atoms with Crippen LogP contribution in [0.1, 0.15) is 55.0 Å². The van der Waals surface area contributed by atoms with Crippen molar-refractivity contribution in [3.8, 4) is 0 Å². The highest BCUT2D eigenvalue weighted by molar-refractivity contribution is 5.75. The van der Waals surface area contributed by atoms with Crippen molar-refractivity contribution in [3.63, 3.8) is 0 Å². The van der Waals surface area contributed by atoms with Gasteiger partial charge < -0.3 is 10.4 Å². The average Bonchev–Trinajstić information content (AvgIpc) is 2.71. The Labute approximate surface area is 173 Å². The van der Waals surface area contributed by atoms with Crippen molar-refractivity contribution in [1.82, 2.24) is 9.88 Å². The molecule has 29 heavy (non-hydrogen) atoms. The summed E-state index contributed by atoms with van der Waals surface area (Å²) in [6.45, 7) is 2.82. The molecule has 0 radical (unpaired) electrons. The summed E-state index contributed by atoms with van der Waals surface area (Å²) < 4.78 is 0. The van der Waals surface area contributed by atoms with E-state index in [1.165, 1.54) is 43.4 Å². The van der Waals surface area contributed by atoms with Crippen molar-refractivity contribution < 1.29 is 9.90 Å². The second-order valence-corrected chi connectivity index (χ2v) is 8.41. The number of benzene rings is 1. The van der Waals surface area contributed by atoms with E-state index in [2.05, 4.69) is 22.3 Å². The Bertz CT molecular complexity index is 818. The van der Waals surface area contributed by atoms with Crippen molar-refractivity contribution in [3.05, 3.63) is 59.3 Å². The molecule has 0 amide bonds. The Morgan fingerprint density at radius 1 is 1.14 bits per heavy atom. The van der Waals surface area contributed by atoms with E-state index in [-0.39, 0.29) is 0 Å². The number of hydrogen-bond donors (Lipinski definition) is 2. The number of hydrogen-bond acceptors (Lipinski definition) is 4. The van der Waals surface area contributed by atoms with Crippen LogP contribution in [0.15, 0.2) is 42.5 Å². The molecule has 2 aliphatic rings. The molecule has 2 N–H and O–H groups in total. The molecule has 2 aromatic rings. The number of aryl methyl sites for hydroxylation is 2. The Balaban J connectivity index is 1.15. The summed E-state index contributed by atoms with van der Waals surface area (Å²) in [5.41, 5.74) is 3.43. The van der Waals surface area contributed by atoms with Gasteiger partial charge in [0.15, 0.2) is 0 Å². The number of carboxylic acid groups (broad SMARTS) is 1. The fraction of sp³-hybridized carbons (Fsp3) is 0.500. The molecule has 0 unspecified atom stereocenters. The van der Waals surface area contributed by atoms with Gasteiger partial charge in [-0.1, -0.05) is 49.2 Å². The highest BCUT2D eigenvalue weighted by Gasteiger charge is 2.36. The molecule has 0 aliphatic carbocycles. The summed E-state index contributed by atoms with van der Waals surface area (Å²) in [7, 11) is 0. The Morgan fingerprint density at radius 2 is 1.97 bits per heavy atom. The van der Waals surface area contributed by atoms with E-state index in [4.69, 9.17) is 4.98 Å². The van der Waals surface area contributed by atoms with Crippen molar-refractivity contribution in [2.45, 2.75) is 51.0 Å². The van der Waals surface area contributed by atoms with Crippen LogP contribution in [0.25, 0.3) is 0 Å². The smallest absolute Gasteiger partial charge is 0.325 e. The summed E-state index contributed by atoms with van der Waals surface area (Å²) in [5, 5.41) is 13.0. The molecule has 1 fully saturated rings. The molecule has 5 nitrogen and oxygen atoms in total. The molecule has 5 heteroatoms. The zero-order chi connectivity index (χ0) is 20.1. The molecule has 0 spiro atoms. The van der Waals surface area contributed by atoms with Gasteiger partial charge in [-0.3, -0.25) is 9.69 Å². The first-order valence-electron chi connectivity index (χ1n) is 10.9. The standard InChI is InChI=1S/C24H31N3O2/c28-24(29)22(19-9-4-2-5-10-19)27-16-18(17-27)8-3-1-6-12-21-14-13-20-11-7-15-25-23(20)26-21/h2,4-5,9-10,13-14,18,22H,1,3,6-8,11-12,15-17H2,(H,25,26)(H,28,29)/t22-/m0/s1. The zero-order valence-electron chi connectivity index (χ0n) is 17.0. The molecule has 3 heterocycles. The second kappa shape index (κ2) is 9.40. The predicted molar refractivity (Wildman–Crippen MR) is 115 cm³/mol. The lowest BCUT2D eigenvalue weighted by Gasteiger charge is -2.43. The molecular weight excluding hydrogens is 362 g/mol. The topological polar surface area (TPSA) is 65.5 Å². The van der Waals surface area contributed by atoms with Gasteiger partial charge in [0.2, 0.25) is 0 Å². The molecule has 0 bridgehead atoms. The number of anilines is 1. The minimum absolute atomic E-state index is 0.504. The van der Waals surface area contributed by atoms with Crippen LogP contribution in [0.5, 0.6) is 0 Å². The monoisotopic (exact) mass is 393 g/mol. The van der Waals surface area contributed by atoms with Crippen LogP contribution in [0.4, 0.5) is 5.82 Å². The SMILES string of the molecule is O=C(O)[C@H](c1ccccc1)N1CC(CCCCCc2ccc3c(n2)NCCC3)C1. The average molecular weight is 394 g/mol. The van der Waals surface area contributed by atoms with E-state index < -0.39 is 12.0 Å². The van der Waals surface area contributed by atoms with Gasteiger partial charge in [-0.2, -0.15) is 0 Å². The Kier molecular flexibility index (Phi) is 6.45. The van der Waals surface area contributed by atoms with Crippen LogP contribution < -0.4 is 5.32 Å². The van der Waals surface area contributed by atoms with E-state index in [1.54, 1.807) is 0 Å². The predicted octanol–water partition coefficient (Wildman–Crippen LogP) is 4.30. The first-order valence-corrected chi connectivity index (χ1v) is 10.9. The molecule has 4 rings (SSSR count). The third-order valence-corrected chi connectivity index (χ3v) is 6.20. The van der Waals surface area contributed by atoms with E-state index in [0.717, 1.165) is 43.9 Å². The van der Waals surface area contributed by atoms with Gasteiger partial charge in [-0.25, -0.2) is 4.98 Å². The van der Waals surface area contributed by atoms with Gasteiger partial charge in [0, 0.05) is 25.3 Å². The minimum atomic E-state index is -0.748. The lowest BCUT2D eigenvalue weighted by molar-refractivity contribution is -0.146. The van der Waals surface area contributed by atoms with Crippen LogP contribution in [-0.4, -0.2) is 40.6 Å². The Hall–Kier alpha value is -2.40. The molecule has 1 saturated heterocycles. The third-order valence-electron chi connectivity index (χ3n) is 6.20. The number of pyridine rings is 1. The van der Waals surface area contributed by atoms with E-state index in [1.807, 2.05) is 30.3 Å². The van der Waals surface area contributed by atoms with Crippen LogP contribution in [0, 0.1) is 5.92 Å². The molecule has 1 atom stereocenters. The third kappa shape index (κ3) is 4.96. The quantitative estimate of drug-likeness (QED) is 0.622. The summed E-state index contributed by atoms with van der Waals surface area (Å²) in [6, 6.07) is 13.5. The van der Waals surface area contributed by atoms with Gasteiger partial charge in [0.25, 0.3) is 0 Å². The maximum Gasteiger partial charge on any atom is 0.325 e. The number of rotatable bonds is 9. The Morgan fingerprint density at radius 3 is 2.76 bits per heavy atom. The van der Waals surface area contributed by atoms with Crippen molar-refractivity contribution in [1.29, 1.82) is 0 Å². The number of nitrogens with zero attached hydrogens (tertiary/aromatic N) is 2. The number of unbranched alkanes of at least 4 members (excludes halogenated alkanes) is 2. The van der Waals surface area contributed by atoms with Crippen LogP contribution in [0.3, 0.4) is 0 Å². The van der Waals surface area contributed by atoms with E-state index in [0.29, 0.717) is 5.92 Å². The van der Waals surface area contributed by atoms with Crippen LogP contribution in [-0.2, 0) is 17.6 Å². The number of carbonyl (C=O) groups is 1. The van der Waals surface area contributed by atoms with Crippen LogP contribution >= 0.6 is 0 Å². The van der Waals surface area contributed by atoms with Gasteiger partial charge in [0.1, 0.15) is 11.9 Å². The first kappa shape index (κ1) is 19.9. The summed E-state index contributed by atoms with van der Waals surface area (Å²) in [5.74, 6) is 0.975. The highest BCUT2D eigenvalue weighted by Crippen LogP contribution is 2.31. The number of likely N-dealkylation sites (tertiary alicyclic amines) is 1. The van der Waals surface area contributed by atoms with Crippen molar-refractivity contribution in [2.24, 2.45) is 5.92 Å². The largest absolute Gasteiger partial charge is 0.480 e. The summed E-state index contributed by atoms with van der Waals surface area (Å²) in [4.78, 5) is 18.6. The van der Waals surface area contributed by atoms with Gasteiger partial charge in [-0.05, 0) is 55.2 Å². The van der Waals surface area contributed by atoms with Gasteiger partial charge in [0.05, 0.1) is 0 Å². The summed E-state index contributed by atoms with van der Waals surface area (Å²) >= 11 is 0.